The van der Waals surface area contributed by atoms with E-state index in [0.29, 0.717) is 41.4 Å². The number of esters is 1. The van der Waals surface area contributed by atoms with Gasteiger partial charge in [-0.3, -0.25) is 14.1 Å². The fourth-order valence-corrected chi connectivity index (χ4v) is 13.6. The summed E-state index contributed by atoms with van der Waals surface area (Å²) in [5.41, 5.74) is 0.674. The van der Waals surface area contributed by atoms with Gasteiger partial charge >= 0.3 is 5.97 Å². The lowest BCUT2D eigenvalue weighted by molar-refractivity contribution is -0.162. The van der Waals surface area contributed by atoms with Crippen LogP contribution in [-0.2, 0) is 24.4 Å². The van der Waals surface area contributed by atoms with Crippen LogP contribution in [0.5, 0.6) is 0 Å². The van der Waals surface area contributed by atoms with Gasteiger partial charge in [0.2, 0.25) is 5.91 Å². The van der Waals surface area contributed by atoms with Crippen LogP contribution in [0.1, 0.15) is 240 Å². The third-order valence-electron chi connectivity index (χ3n) is 16.7. The van der Waals surface area contributed by atoms with Gasteiger partial charge in [0, 0.05) is 19.4 Å². The summed E-state index contributed by atoms with van der Waals surface area (Å²) in [5.74, 6) is 3.50. The van der Waals surface area contributed by atoms with Gasteiger partial charge in [-0.2, -0.15) is 8.42 Å². The quantitative estimate of drug-likeness (QED) is 0.0424. The summed E-state index contributed by atoms with van der Waals surface area (Å²) < 4.78 is 37.1. The number of nitrogens with one attached hydrogen (secondary N) is 1. The topological polar surface area (TPSA) is 110 Å². The first-order valence-electron chi connectivity index (χ1n) is 25.3. The van der Waals surface area contributed by atoms with E-state index in [4.69, 9.17) is 9.29 Å². The van der Waals surface area contributed by atoms with Crippen molar-refractivity contribution >= 4 is 22.0 Å². The molecule has 0 heterocycles. The minimum Gasteiger partial charge on any atom is -0.462 e. The second kappa shape index (κ2) is 25.7. The van der Waals surface area contributed by atoms with Crippen LogP contribution >= 0.6 is 0 Å². The fourth-order valence-electron chi connectivity index (χ4n) is 13.2. The fraction of sp³-hybridized carbons (Fsp3) is 0.960. The van der Waals surface area contributed by atoms with E-state index in [0.717, 1.165) is 49.9 Å². The SMILES string of the molecule is CCCCCCCCCCCCCCCCCCCCCCCC(=O)OC1CCC2(C)C(CCC3C2CCC2(C)C(C(C)CCC(=O)NCCS(=O)(=O)O)CCC32)C1. The lowest BCUT2D eigenvalue weighted by atomic mass is 9.44. The minimum atomic E-state index is -4.06. The molecule has 0 aromatic heterocycles. The zero-order valence-electron chi connectivity index (χ0n) is 38.2. The molecule has 0 aliphatic heterocycles. The van der Waals surface area contributed by atoms with E-state index in [9.17, 15) is 18.0 Å². The van der Waals surface area contributed by atoms with E-state index < -0.39 is 15.9 Å². The number of hydrogen-bond donors (Lipinski definition) is 2. The first-order chi connectivity index (χ1) is 27.9. The maximum atomic E-state index is 12.9. The summed E-state index contributed by atoms with van der Waals surface area (Å²) in [6.45, 7) is 9.72. The van der Waals surface area contributed by atoms with Crippen molar-refractivity contribution in [1.29, 1.82) is 0 Å². The van der Waals surface area contributed by atoms with Crippen molar-refractivity contribution in [2.24, 2.45) is 46.3 Å². The molecule has 9 unspecified atom stereocenters. The van der Waals surface area contributed by atoms with Gasteiger partial charge in [0.25, 0.3) is 10.1 Å². The molecule has 0 radical (unpaired) electrons. The Morgan fingerprint density at radius 1 is 0.672 bits per heavy atom. The molecule has 0 aromatic rings. The maximum Gasteiger partial charge on any atom is 0.306 e. The standard InChI is InChI=1S/C50H91NO6S/c1-5-6-7-8-9-10-11-12-13-14-15-16-17-18-19-20-21-22-23-24-25-26-48(53)57-42-33-35-49(3)41(39-42)28-29-43-45-31-30-44(50(45,4)36-34-46(43)49)40(2)27-32-47(52)51-37-38-58(54,55)56/h40-46H,5-39H2,1-4H3,(H,51,52)(H,54,55,56). The predicted molar refractivity (Wildman–Crippen MR) is 240 cm³/mol. The maximum absolute atomic E-state index is 12.9. The highest BCUT2D eigenvalue weighted by Crippen LogP contribution is 2.68. The zero-order valence-corrected chi connectivity index (χ0v) is 39.0. The van der Waals surface area contributed by atoms with E-state index in [1.54, 1.807) is 0 Å². The lowest BCUT2D eigenvalue weighted by Gasteiger charge is -2.61. The number of ether oxygens (including phenoxy) is 1. The summed E-state index contributed by atoms with van der Waals surface area (Å²) in [4.78, 5) is 25.3. The Morgan fingerprint density at radius 3 is 1.74 bits per heavy atom. The third-order valence-corrected chi connectivity index (χ3v) is 17.4. The highest BCUT2D eigenvalue weighted by Gasteiger charge is 2.60. The first-order valence-corrected chi connectivity index (χ1v) is 26.9. The molecule has 4 rings (SSSR count). The number of rotatable bonds is 30. The van der Waals surface area contributed by atoms with Crippen molar-refractivity contribution < 1.29 is 27.3 Å². The second-order valence-corrected chi connectivity index (χ2v) is 22.3. The number of hydrogen-bond acceptors (Lipinski definition) is 5. The van der Waals surface area contributed by atoms with Crippen LogP contribution in [0, 0.1) is 46.3 Å². The summed E-state index contributed by atoms with van der Waals surface area (Å²) in [5, 5.41) is 2.66. The van der Waals surface area contributed by atoms with Crippen LogP contribution in [0.4, 0.5) is 0 Å². The molecule has 0 bridgehead atoms. The van der Waals surface area contributed by atoms with E-state index in [1.807, 2.05) is 0 Å². The molecule has 4 saturated carbocycles. The molecule has 0 saturated heterocycles. The van der Waals surface area contributed by atoms with Crippen molar-refractivity contribution in [3.8, 4) is 0 Å². The molecule has 4 fully saturated rings. The number of unbranched alkanes of at least 4 members (excludes halogenated alkanes) is 20. The molecule has 4 aliphatic carbocycles. The van der Waals surface area contributed by atoms with Crippen molar-refractivity contribution in [1.82, 2.24) is 5.32 Å². The smallest absolute Gasteiger partial charge is 0.306 e. The summed E-state index contributed by atoms with van der Waals surface area (Å²) in [7, 11) is -4.06. The molecule has 1 amide bonds. The summed E-state index contributed by atoms with van der Waals surface area (Å²) in [6.07, 6.45) is 41.7. The highest BCUT2D eigenvalue weighted by molar-refractivity contribution is 7.85. The van der Waals surface area contributed by atoms with E-state index in [1.165, 1.54) is 167 Å². The van der Waals surface area contributed by atoms with E-state index in [-0.39, 0.29) is 24.5 Å². The Morgan fingerprint density at radius 2 is 1.19 bits per heavy atom. The normalized spacial score (nSPS) is 29.9. The van der Waals surface area contributed by atoms with E-state index in [2.05, 4.69) is 33.0 Å². The van der Waals surface area contributed by atoms with Gasteiger partial charge in [0.1, 0.15) is 6.10 Å². The van der Waals surface area contributed by atoms with Gasteiger partial charge in [-0.25, -0.2) is 0 Å². The number of carbonyl (C=O) groups is 2. The molecular weight excluding hydrogens is 743 g/mol. The van der Waals surface area contributed by atoms with Crippen LogP contribution in [0.2, 0.25) is 0 Å². The Labute approximate surface area is 357 Å². The molecule has 2 N–H and O–H groups in total. The summed E-state index contributed by atoms with van der Waals surface area (Å²) in [6, 6.07) is 0. The van der Waals surface area contributed by atoms with Crippen LogP contribution in [0.25, 0.3) is 0 Å². The van der Waals surface area contributed by atoms with E-state index >= 15 is 0 Å². The molecule has 7 nitrogen and oxygen atoms in total. The van der Waals surface area contributed by atoms with Crippen molar-refractivity contribution in [3.63, 3.8) is 0 Å². The average Bonchev–Trinajstić information content (AvgIpc) is 3.54. The minimum absolute atomic E-state index is 0.0372. The molecule has 9 atom stereocenters. The monoisotopic (exact) mass is 834 g/mol. The second-order valence-electron chi connectivity index (χ2n) is 20.7. The van der Waals surface area contributed by atoms with Crippen LogP contribution < -0.4 is 5.32 Å². The van der Waals surface area contributed by atoms with Gasteiger partial charge in [-0.1, -0.05) is 156 Å². The summed E-state index contributed by atoms with van der Waals surface area (Å²) >= 11 is 0. The Hall–Kier alpha value is -1.15. The molecule has 58 heavy (non-hydrogen) atoms. The Kier molecular flexibility index (Phi) is 21.9. The average molecular weight is 834 g/mol. The Balaban J connectivity index is 1.01. The lowest BCUT2D eigenvalue weighted by Crippen LogP contribution is -2.54. The third kappa shape index (κ3) is 16.0. The number of amides is 1. The number of fused-ring (bicyclic) bond motifs is 5. The largest absolute Gasteiger partial charge is 0.462 e. The molecule has 0 aromatic carbocycles. The predicted octanol–water partition coefficient (Wildman–Crippen LogP) is 13.6. The van der Waals surface area contributed by atoms with Gasteiger partial charge in [0.05, 0.1) is 5.75 Å². The molecule has 4 aliphatic rings. The van der Waals surface area contributed by atoms with Gasteiger partial charge in [-0.05, 0) is 117 Å². The molecule has 0 spiro atoms. The van der Waals surface area contributed by atoms with Crippen molar-refractivity contribution in [2.75, 3.05) is 12.3 Å². The molecule has 338 valence electrons. The zero-order chi connectivity index (χ0) is 41.9. The Bertz CT molecular complexity index is 1290. The van der Waals surface area contributed by atoms with Gasteiger partial charge < -0.3 is 10.1 Å². The van der Waals surface area contributed by atoms with Gasteiger partial charge in [-0.15, -0.1) is 0 Å². The van der Waals surface area contributed by atoms with Crippen LogP contribution in [-0.4, -0.2) is 43.2 Å². The van der Waals surface area contributed by atoms with Crippen molar-refractivity contribution in [2.45, 2.75) is 246 Å². The van der Waals surface area contributed by atoms with Gasteiger partial charge in [0.15, 0.2) is 0 Å². The number of carbonyl (C=O) groups excluding carboxylic acids is 2. The first kappa shape index (κ1) is 49.5. The molecular formula is C50H91NO6S. The van der Waals surface area contributed by atoms with Crippen LogP contribution in [0.15, 0.2) is 0 Å². The van der Waals surface area contributed by atoms with Crippen LogP contribution in [0.3, 0.4) is 0 Å². The highest BCUT2D eigenvalue weighted by atomic mass is 32.2. The van der Waals surface area contributed by atoms with Crippen molar-refractivity contribution in [3.05, 3.63) is 0 Å². The molecule has 8 heteroatoms.